The summed E-state index contributed by atoms with van der Waals surface area (Å²) >= 11 is 3.39. The molecule has 0 aliphatic carbocycles. The maximum absolute atomic E-state index is 9.13. The maximum Gasteiger partial charge on any atom is 0.0647 e. The fraction of sp³-hybridized carbons (Fsp3) is 0.333. The molecule has 0 heterocycles. The Morgan fingerprint density at radius 3 is 2.36 bits per heavy atom. The number of aliphatic hydroxyl groups excluding tert-OH is 1. The second-order valence-electron chi connectivity index (χ2n) is 3.58. The van der Waals surface area contributed by atoms with E-state index >= 15 is 0 Å². The van der Waals surface area contributed by atoms with Gasteiger partial charge in [0.2, 0.25) is 0 Å². The SMILES string of the molecule is CC(C)/C(=C/c1ccc(Br)cc1)CO. The second-order valence-corrected chi connectivity index (χ2v) is 4.50. The summed E-state index contributed by atoms with van der Waals surface area (Å²) in [5.41, 5.74) is 2.19. The third-order valence-electron chi connectivity index (χ3n) is 2.15. The first kappa shape index (κ1) is 11.5. The average Bonchev–Trinajstić information content (AvgIpc) is 2.16. The third-order valence-corrected chi connectivity index (χ3v) is 2.67. The molecule has 1 aromatic rings. The van der Waals surface area contributed by atoms with Gasteiger partial charge in [0, 0.05) is 4.47 Å². The van der Waals surface area contributed by atoms with Crippen molar-refractivity contribution < 1.29 is 5.11 Å². The molecule has 0 aliphatic heterocycles. The standard InChI is InChI=1S/C12H15BrO/c1-9(2)11(8-14)7-10-3-5-12(13)6-4-10/h3-7,9,14H,8H2,1-2H3/b11-7+. The van der Waals surface area contributed by atoms with Crippen LogP contribution in [0.25, 0.3) is 6.08 Å². The summed E-state index contributed by atoms with van der Waals surface area (Å²) in [7, 11) is 0. The van der Waals surface area contributed by atoms with Gasteiger partial charge in [0.25, 0.3) is 0 Å². The van der Waals surface area contributed by atoms with Gasteiger partial charge < -0.3 is 5.11 Å². The first-order valence-corrected chi connectivity index (χ1v) is 5.49. The predicted molar refractivity (Wildman–Crippen MR) is 64.0 cm³/mol. The van der Waals surface area contributed by atoms with Crippen molar-refractivity contribution in [3.63, 3.8) is 0 Å². The highest BCUT2D eigenvalue weighted by Crippen LogP contribution is 2.16. The molecule has 0 amide bonds. The highest BCUT2D eigenvalue weighted by molar-refractivity contribution is 9.10. The van der Waals surface area contributed by atoms with Crippen LogP contribution < -0.4 is 0 Å². The summed E-state index contributed by atoms with van der Waals surface area (Å²) in [6.07, 6.45) is 2.04. The van der Waals surface area contributed by atoms with Crippen LogP contribution in [0, 0.1) is 5.92 Å². The van der Waals surface area contributed by atoms with Gasteiger partial charge in [-0.2, -0.15) is 0 Å². The smallest absolute Gasteiger partial charge is 0.0647 e. The Kier molecular flexibility index (Phi) is 4.36. The van der Waals surface area contributed by atoms with Gasteiger partial charge in [0.1, 0.15) is 0 Å². The lowest BCUT2D eigenvalue weighted by Gasteiger charge is -2.07. The minimum Gasteiger partial charge on any atom is -0.392 e. The number of benzene rings is 1. The molecular weight excluding hydrogens is 240 g/mol. The summed E-state index contributed by atoms with van der Waals surface area (Å²) in [6, 6.07) is 8.06. The molecule has 0 saturated heterocycles. The molecular formula is C12H15BrO. The molecule has 0 aromatic heterocycles. The molecule has 0 radical (unpaired) electrons. The van der Waals surface area contributed by atoms with Gasteiger partial charge >= 0.3 is 0 Å². The van der Waals surface area contributed by atoms with Crippen molar-refractivity contribution in [2.75, 3.05) is 6.61 Å². The first-order valence-electron chi connectivity index (χ1n) is 4.70. The molecule has 1 nitrogen and oxygen atoms in total. The molecule has 1 N–H and O–H groups in total. The van der Waals surface area contributed by atoms with Crippen LogP contribution in [-0.4, -0.2) is 11.7 Å². The molecule has 0 saturated carbocycles. The van der Waals surface area contributed by atoms with Crippen LogP contribution in [0.4, 0.5) is 0 Å². The van der Waals surface area contributed by atoms with Gasteiger partial charge in [-0.25, -0.2) is 0 Å². The summed E-state index contributed by atoms with van der Waals surface area (Å²) in [5.74, 6) is 0.392. The van der Waals surface area contributed by atoms with Crippen molar-refractivity contribution in [3.8, 4) is 0 Å². The zero-order valence-electron chi connectivity index (χ0n) is 8.50. The van der Waals surface area contributed by atoms with Gasteiger partial charge in [0.15, 0.2) is 0 Å². The molecule has 0 aliphatic rings. The second kappa shape index (κ2) is 5.32. The van der Waals surface area contributed by atoms with Crippen LogP contribution in [-0.2, 0) is 0 Å². The Balaban J connectivity index is 2.89. The van der Waals surface area contributed by atoms with E-state index in [1.54, 1.807) is 0 Å². The van der Waals surface area contributed by atoms with Crippen LogP contribution in [0.2, 0.25) is 0 Å². The quantitative estimate of drug-likeness (QED) is 0.876. The Morgan fingerprint density at radius 1 is 1.36 bits per heavy atom. The molecule has 0 unspecified atom stereocenters. The van der Waals surface area contributed by atoms with Crippen molar-refractivity contribution in [3.05, 3.63) is 39.9 Å². The lowest BCUT2D eigenvalue weighted by Crippen LogP contribution is -1.98. The molecule has 0 spiro atoms. The van der Waals surface area contributed by atoms with Crippen molar-refractivity contribution in [1.82, 2.24) is 0 Å². The summed E-state index contributed by atoms with van der Waals surface area (Å²) < 4.78 is 1.07. The lowest BCUT2D eigenvalue weighted by atomic mass is 10.0. The van der Waals surface area contributed by atoms with Crippen molar-refractivity contribution in [1.29, 1.82) is 0 Å². The van der Waals surface area contributed by atoms with E-state index < -0.39 is 0 Å². The van der Waals surface area contributed by atoms with Crippen molar-refractivity contribution in [2.45, 2.75) is 13.8 Å². The molecule has 1 rings (SSSR count). The summed E-state index contributed by atoms with van der Waals surface area (Å²) in [4.78, 5) is 0. The van der Waals surface area contributed by atoms with E-state index in [1.807, 2.05) is 30.3 Å². The van der Waals surface area contributed by atoms with E-state index in [9.17, 15) is 0 Å². The highest BCUT2D eigenvalue weighted by atomic mass is 79.9. The van der Waals surface area contributed by atoms with Crippen LogP contribution >= 0.6 is 15.9 Å². The van der Waals surface area contributed by atoms with Crippen LogP contribution in [0.1, 0.15) is 19.4 Å². The first-order chi connectivity index (χ1) is 6.63. The maximum atomic E-state index is 9.13. The predicted octanol–water partition coefficient (Wildman–Crippen LogP) is 3.48. The van der Waals surface area contributed by atoms with Crippen LogP contribution in [0.5, 0.6) is 0 Å². The lowest BCUT2D eigenvalue weighted by molar-refractivity contribution is 0.320. The normalized spacial score (nSPS) is 12.2. The number of hydrogen-bond donors (Lipinski definition) is 1. The molecule has 14 heavy (non-hydrogen) atoms. The largest absolute Gasteiger partial charge is 0.392 e. The monoisotopic (exact) mass is 254 g/mol. The average molecular weight is 255 g/mol. The van der Waals surface area contributed by atoms with E-state index in [2.05, 4.69) is 29.8 Å². The van der Waals surface area contributed by atoms with Crippen molar-refractivity contribution in [2.24, 2.45) is 5.92 Å². The van der Waals surface area contributed by atoms with Gasteiger partial charge in [0.05, 0.1) is 6.61 Å². The Labute approximate surface area is 93.6 Å². The Bertz CT molecular complexity index is 312. The molecule has 0 atom stereocenters. The topological polar surface area (TPSA) is 20.2 Å². The van der Waals surface area contributed by atoms with Gasteiger partial charge in [-0.15, -0.1) is 0 Å². The van der Waals surface area contributed by atoms with Crippen LogP contribution in [0.3, 0.4) is 0 Å². The highest BCUT2D eigenvalue weighted by Gasteiger charge is 2.01. The van der Waals surface area contributed by atoms with E-state index in [0.29, 0.717) is 5.92 Å². The number of hydrogen-bond acceptors (Lipinski definition) is 1. The van der Waals surface area contributed by atoms with E-state index in [-0.39, 0.29) is 6.61 Å². The Morgan fingerprint density at radius 2 is 1.93 bits per heavy atom. The molecule has 0 fully saturated rings. The van der Waals surface area contributed by atoms with Gasteiger partial charge in [-0.05, 0) is 29.2 Å². The van der Waals surface area contributed by atoms with Gasteiger partial charge in [-0.1, -0.05) is 48.0 Å². The Hall–Kier alpha value is -0.600. The van der Waals surface area contributed by atoms with Crippen molar-refractivity contribution >= 4 is 22.0 Å². The minimum absolute atomic E-state index is 0.133. The van der Waals surface area contributed by atoms with E-state index in [0.717, 1.165) is 15.6 Å². The number of halogens is 1. The van der Waals surface area contributed by atoms with Gasteiger partial charge in [-0.3, -0.25) is 0 Å². The molecule has 2 heteroatoms. The van der Waals surface area contributed by atoms with E-state index in [1.165, 1.54) is 0 Å². The zero-order chi connectivity index (χ0) is 10.6. The minimum atomic E-state index is 0.133. The third kappa shape index (κ3) is 3.28. The van der Waals surface area contributed by atoms with Crippen LogP contribution in [0.15, 0.2) is 34.3 Å². The number of aliphatic hydroxyl groups is 1. The summed E-state index contributed by atoms with van der Waals surface area (Å²) in [5, 5.41) is 9.13. The molecule has 76 valence electrons. The summed E-state index contributed by atoms with van der Waals surface area (Å²) in [6.45, 7) is 4.30. The zero-order valence-corrected chi connectivity index (χ0v) is 10.1. The fourth-order valence-corrected chi connectivity index (χ4v) is 1.43. The molecule has 0 bridgehead atoms. The molecule has 1 aromatic carbocycles. The fourth-order valence-electron chi connectivity index (χ4n) is 1.17. The number of rotatable bonds is 3. The van der Waals surface area contributed by atoms with E-state index in [4.69, 9.17) is 5.11 Å².